The summed E-state index contributed by atoms with van der Waals surface area (Å²) in [6, 6.07) is 5.63. The normalized spacial score (nSPS) is 23.1. The molecule has 2 fully saturated rings. The highest BCUT2D eigenvalue weighted by Gasteiger charge is 2.43. The van der Waals surface area contributed by atoms with Gasteiger partial charge in [0.05, 0.1) is 6.42 Å². The highest BCUT2D eigenvalue weighted by Crippen LogP contribution is 2.31. The lowest BCUT2D eigenvalue weighted by molar-refractivity contribution is -0.141. The zero-order valence-electron chi connectivity index (χ0n) is 12.1. The number of hydrogen-bond acceptors (Lipinski definition) is 3. The minimum absolute atomic E-state index is 0.0341. The molecule has 1 aromatic rings. The van der Waals surface area contributed by atoms with Crippen LogP contribution >= 0.6 is 15.9 Å². The van der Waals surface area contributed by atoms with Crippen LogP contribution in [-0.4, -0.2) is 28.8 Å². The Kier molecular flexibility index (Phi) is 4.02. The number of nitrogens with zero attached hydrogens (tertiary/aromatic N) is 1. The number of anilines is 1. The maximum Gasteiger partial charge on any atom is 0.252 e. The van der Waals surface area contributed by atoms with E-state index in [9.17, 15) is 9.59 Å². The molecule has 0 bridgehead atoms. The monoisotopic (exact) mass is 350 g/mol. The summed E-state index contributed by atoms with van der Waals surface area (Å²) in [6.07, 6.45) is 4.40. The molecule has 1 aliphatic carbocycles. The summed E-state index contributed by atoms with van der Waals surface area (Å²) in [4.78, 5) is 26.2. The second-order valence-electron chi connectivity index (χ2n) is 5.92. The molecule has 1 saturated carbocycles. The summed E-state index contributed by atoms with van der Waals surface area (Å²) >= 11 is 3.48. The van der Waals surface area contributed by atoms with E-state index in [2.05, 4.69) is 21.2 Å². The molecule has 112 valence electrons. The standard InChI is InChI=1S/C16H19BrN2O2/c1-10-6-7-12(17)13(8-10)18-14-9-15(20)19(16(14)21)11-4-2-3-5-11/h6-8,11,14,18H,2-5,9H2,1H3. The average molecular weight is 351 g/mol. The molecule has 1 saturated heterocycles. The van der Waals surface area contributed by atoms with Crippen LogP contribution in [0.2, 0.25) is 0 Å². The molecular weight excluding hydrogens is 332 g/mol. The van der Waals surface area contributed by atoms with Gasteiger partial charge in [0.15, 0.2) is 0 Å². The second-order valence-corrected chi connectivity index (χ2v) is 6.78. The minimum atomic E-state index is -0.434. The van der Waals surface area contributed by atoms with Crippen LogP contribution in [0.4, 0.5) is 5.69 Å². The van der Waals surface area contributed by atoms with Crippen molar-refractivity contribution >= 4 is 33.4 Å². The van der Waals surface area contributed by atoms with Gasteiger partial charge >= 0.3 is 0 Å². The Balaban J connectivity index is 1.76. The van der Waals surface area contributed by atoms with Crippen molar-refractivity contribution in [3.05, 3.63) is 28.2 Å². The lowest BCUT2D eigenvalue weighted by Gasteiger charge is -2.22. The first-order valence-electron chi connectivity index (χ1n) is 7.45. The number of rotatable bonds is 3. The number of halogens is 1. The van der Waals surface area contributed by atoms with E-state index in [0.29, 0.717) is 0 Å². The third-order valence-corrected chi connectivity index (χ3v) is 5.02. The predicted molar refractivity (Wildman–Crippen MR) is 85.0 cm³/mol. The highest BCUT2D eigenvalue weighted by molar-refractivity contribution is 9.10. The Hall–Kier alpha value is -1.36. The Morgan fingerprint density at radius 3 is 2.67 bits per heavy atom. The second kappa shape index (κ2) is 5.79. The minimum Gasteiger partial charge on any atom is -0.372 e. The maximum atomic E-state index is 12.5. The van der Waals surface area contributed by atoms with E-state index in [1.165, 1.54) is 4.90 Å². The summed E-state index contributed by atoms with van der Waals surface area (Å²) in [6.45, 7) is 2.00. The van der Waals surface area contributed by atoms with Crippen molar-refractivity contribution in [1.82, 2.24) is 4.90 Å². The molecule has 1 aromatic carbocycles. The van der Waals surface area contributed by atoms with Crippen molar-refractivity contribution in [2.45, 2.75) is 51.1 Å². The molecule has 2 amide bonds. The Bertz CT molecular complexity index is 582. The Labute approximate surface area is 133 Å². The van der Waals surface area contributed by atoms with Crippen molar-refractivity contribution in [3.63, 3.8) is 0 Å². The number of carbonyl (C=O) groups excluding carboxylic acids is 2. The van der Waals surface area contributed by atoms with Crippen LogP contribution in [0.3, 0.4) is 0 Å². The van der Waals surface area contributed by atoms with Crippen LogP contribution < -0.4 is 5.32 Å². The number of likely N-dealkylation sites (tertiary alicyclic amines) is 1. The van der Waals surface area contributed by atoms with Crippen molar-refractivity contribution < 1.29 is 9.59 Å². The van der Waals surface area contributed by atoms with Gasteiger partial charge in [0.1, 0.15) is 6.04 Å². The quantitative estimate of drug-likeness (QED) is 0.851. The van der Waals surface area contributed by atoms with E-state index in [0.717, 1.165) is 41.4 Å². The van der Waals surface area contributed by atoms with Crippen molar-refractivity contribution in [2.75, 3.05) is 5.32 Å². The van der Waals surface area contributed by atoms with Gasteiger partial charge in [0.2, 0.25) is 5.91 Å². The molecule has 5 heteroatoms. The van der Waals surface area contributed by atoms with Gasteiger partial charge in [-0.2, -0.15) is 0 Å². The molecule has 1 aliphatic heterocycles. The van der Waals surface area contributed by atoms with Crippen LogP contribution in [0.5, 0.6) is 0 Å². The molecule has 1 N–H and O–H groups in total. The maximum absolute atomic E-state index is 12.5. The van der Waals surface area contributed by atoms with Crippen LogP contribution in [0.25, 0.3) is 0 Å². The Morgan fingerprint density at radius 1 is 1.24 bits per heavy atom. The molecular formula is C16H19BrN2O2. The predicted octanol–water partition coefficient (Wildman–Crippen LogP) is 3.24. The van der Waals surface area contributed by atoms with Crippen LogP contribution in [0.15, 0.2) is 22.7 Å². The van der Waals surface area contributed by atoms with Crippen molar-refractivity contribution in [2.24, 2.45) is 0 Å². The first-order valence-corrected chi connectivity index (χ1v) is 8.24. The molecule has 0 aromatic heterocycles. The lowest BCUT2D eigenvalue weighted by atomic mass is 10.2. The number of aryl methyl sites for hydroxylation is 1. The molecule has 4 nitrogen and oxygen atoms in total. The summed E-state index contributed by atoms with van der Waals surface area (Å²) in [7, 11) is 0. The number of carbonyl (C=O) groups is 2. The molecule has 1 heterocycles. The van der Waals surface area contributed by atoms with Gasteiger partial charge in [-0.25, -0.2) is 0 Å². The van der Waals surface area contributed by atoms with E-state index in [-0.39, 0.29) is 24.3 Å². The molecule has 1 atom stereocenters. The fraction of sp³-hybridized carbons (Fsp3) is 0.500. The molecule has 1 unspecified atom stereocenters. The number of benzene rings is 1. The first-order chi connectivity index (χ1) is 10.1. The fourth-order valence-corrected chi connectivity index (χ4v) is 3.61. The van der Waals surface area contributed by atoms with E-state index < -0.39 is 6.04 Å². The topological polar surface area (TPSA) is 49.4 Å². The molecule has 2 aliphatic rings. The van der Waals surface area contributed by atoms with Crippen LogP contribution in [-0.2, 0) is 9.59 Å². The van der Waals surface area contributed by atoms with Gasteiger partial charge in [0.25, 0.3) is 5.91 Å². The lowest BCUT2D eigenvalue weighted by Crippen LogP contribution is -2.41. The molecule has 21 heavy (non-hydrogen) atoms. The number of nitrogens with one attached hydrogen (secondary N) is 1. The molecule has 0 radical (unpaired) electrons. The zero-order valence-corrected chi connectivity index (χ0v) is 13.6. The SMILES string of the molecule is Cc1ccc(Br)c(NC2CC(=O)N(C3CCCC3)C2=O)c1. The van der Waals surface area contributed by atoms with E-state index in [1.54, 1.807) is 0 Å². The Morgan fingerprint density at radius 2 is 1.95 bits per heavy atom. The highest BCUT2D eigenvalue weighted by atomic mass is 79.9. The number of amides is 2. The van der Waals surface area contributed by atoms with Gasteiger partial charge < -0.3 is 5.32 Å². The van der Waals surface area contributed by atoms with E-state index in [1.807, 2.05) is 25.1 Å². The first kappa shape index (κ1) is 14.6. The molecule has 3 rings (SSSR count). The smallest absolute Gasteiger partial charge is 0.252 e. The number of imide groups is 1. The third-order valence-electron chi connectivity index (χ3n) is 4.32. The third kappa shape index (κ3) is 2.84. The summed E-state index contributed by atoms with van der Waals surface area (Å²) < 4.78 is 0.910. The number of hydrogen-bond donors (Lipinski definition) is 1. The largest absolute Gasteiger partial charge is 0.372 e. The summed E-state index contributed by atoms with van der Waals surface area (Å²) in [5.41, 5.74) is 1.99. The van der Waals surface area contributed by atoms with Gasteiger partial charge in [-0.05, 0) is 53.4 Å². The van der Waals surface area contributed by atoms with E-state index >= 15 is 0 Å². The van der Waals surface area contributed by atoms with Gasteiger partial charge in [-0.3, -0.25) is 14.5 Å². The summed E-state index contributed by atoms with van der Waals surface area (Å²) in [5, 5.41) is 3.22. The molecule has 0 spiro atoms. The van der Waals surface area contributed by atoms with Gasteiger partial charge in [-0.1, -0.05) is 18.9 Å². The van der Waals surface area contributed by atoms with Crippen LogP contribution in [0.1, 0.15) is 37.7 Å². The summed E-state index contributed by atoms with van der Waals surface area (Å²) in [5.74, 6) is -0.103. The van der Waals surface area contributed by atoms with Crippen molar-refractivity contribution in [1.29, 1.82) is 0 Å². The van der Waals surface area contributed by atoms with Crippen LogP contribution in [0, 0.1) is 6.92 Å². The van der Waals surface area contributed by atoms with E-state index in [4.69, 9.17) is 0 Å². The average Bonchev–Trinajstić information content (AvgIpc) is 3.03. The van der Waals surface area contributed by atoms with Crippen molar-refractivity contribution in [3.8, 4) is 0 Å². The van der Waals surface area contributed by atoms with Gasteiger partial charge in [-0.15, -0.1) is 0 Å². The fourth-order valence-electron chi connectivity index (χ4n) is 3.25. The zero-order chi connectivity index (χ0) is 15.0. The van der Waals surface area contributed by atoms with Gasteiger partial charge in [0, 0.05) is 16.2 Å².